The summed E-state index contributed by atoms with van der Waals surface area (Å²) in [6, 6.07) is 13.7. The predicted molar refractivity (Wildman–Crippen MR) is 100 cm³/mol. The van der Waals surface area contributed by atoms with Crippen LogP contribution in [0.4, 0.5) is 4.39 Å². The molecule has 0 aliphatic heterocycles. The van der Waals surface area contributed by atoms with Gasteiger partial charge in [0.05, 0.1) is 25.2 Å². The maximum atomic E-state index is 13.3. The zero-order valence-corrected chi connectivity index (χ0v) is 15.7. The predicted octanol–water partition coefficient (Wildman–Crippen LogP) is 4.65. The van der Waals surface area contributed by atoms with Crippen molar-refractivity contribution >= 4 is 5.97 Å². The van der Waals surface area contributed by atoms with Crippen molar-refractivity contribution < 1.29 is 23.8 Å². The molecule has 0 spiro atoms. The summed E-state index contributed by atoms with van der Waals surface area (Å²) in [6.45, 7) is 1.91. The highest BCUT2D eigenvalue weighted by Crippen LogP contribution is 2.48. The minimum Gasteiger partial charge on any atom is -0.511 e. The Morgan fingerprint density at radius 1 is 1.11 bits per heavy atom. The molecule has 0 heterocycles. The molecule has 0 aromatic heterocycles. The van der Waals surface area contributed by atoms with Crippen molar-refractivity contribution in [2.45, 2.75) is 31.1 Å². The van der Waals surface area contributed by atoms with Crippen LogP contribution in [0.1, 0.15) is 36.8 Å². The van der Waals surface area contributed by atoms with Gasteiger partial charge in [-0.25, -0.2) is 9.18 Å². The van der Waals surface area contributed by atoms with Crippen molar-refractivity contribution in [3.05, 3.63) is 76.8 Å². The Bertz CT molecular complexity index is 855. The van der Waals surface area contributed by atoms with Crippen molar-refractivity contribution in [3.63, 3.8) is 0 Å². The first-order chi connectivity index (χ1) is 12.9. The van der Waals surface area contributed by atoms with Gasteiger partial charge in [0.2, 0.25) is 0 Å². The largest absolute Gasteiger partial charge is 0.511 e. The smallest absolute Gasteiger partial charge is 0.337 e. The number of benzene rings is 2. The molecule has 27 heavy (non-hydrogen) atoms. The van der Waals surface area contributed by atoms with E-state index in [-0.39, 0.29) is 23.1 Å². The maximum absolute atomic E-state index is 13.3. The third-order valence-corrected chi connectivity index (χ3v) is 5.41. The lowest BCUT2D eigenvalue weighted by molar-refractivity contribution is -0.136. The van der Waals surface area contributed by atoms with Crippen LogP contribution in [-0.4, -0.2) is 25.3 Å². The number of rotatable bonds is 4. The molecule has 1 N–H and O–H groups in total. The molecule has 2 aromatic carbocycles. The third kappa shape index (κ3) is 3.54. The number of carbonyl (C=O) groups is 1. The highest BCUT2D eigenvalue weighted by Gasteiger charge is 2.43. The fourth-order valence-electron chi connectivity index (χ4n) is 3.83. The number of aliphatic hydroxyl groups excluding tert-OH is 1. The number of ether oxygens (including phenoxy) is 2. The quantitative estimate of drug-likeness (QED) is 0.796. The van der Waals surface area contributed by atoms with Crippen LogP contribution < -0.4 is 4.74 Å². The molecular weight excluding hydrogens is 347 g/mol. The minimum absolute atomic E-state index is 0.0258. The van der Waals surface area contributed by atoms with Gasteiger partial charge in [0, 0.05) is 0 Å². The summed E-state index contributed by atoms with van der Waals surface area (Å²) >= 11 is 0. The first-order valence-corrected chi connectivity index (χ1v) is 8.80. The molecule has 5 heteroatoms. The average molecular weight is 370 g/mol. The molecule has 0 unspecified atom stereocenters. The lowest BCUT2D eigenvalue weighted by Crippen LogP contribution is -2.34. The second-order valence-electron chi connectivity index (χ2n) is 7.04. The monoisotopic (exact) mass is 370 g/mol. The van der Waals surface area contributed by atoms with Gasteiger partial charge >= 0.3 is 5.97 Å². The van der Waals surface area contributed by atoms with Crippen LogP contribution in [0.15, 0.2) is 59.9 Å². The molecule has 0 radical (unpaired) electrons. The van der Waals surface area contributed by atoms with Crippen LogP contribution in [0.5, 0.6) is 5.75 Å². The number of allylic oxidation sites excluding steroid dienone is 1. The molecule has 0 saturated heterocycles. The molecule has 0 fully saturated rings. The topological polar surface area (TPSA) is 55.8 Å². The summed E-state index contributed by atoms with van der Waals surface area (Å²) in [7, 11) is 2.89. The van der Waals surface area contributed by atoms with Crippen molar-refractivity contribution in [3.8, 4) is 5.75 Å². The normalized spacial score (nSPS) is 22.4. The van der Waals surface area contributed by atoms with Gasteiger partial charge < -0.3 is 14.6 Å². The summed E-state index contributed by atoms with van der Waals surface area (Å²) in [6.07, 6.45) is 0.924. The second kappa shape index (κ2) is 7.43. The second-order valence-corrected chi connectivity index (χ2v) is 7.04. The van der Waals surface area contributed by atoms with Crippen molar-refractivity contribution in [1.82, 2.24) is 0 Å². The molecule has 4 nitrogen and oxygen atoms in total. The van der Waals surface area contributed by atoms with Gasteiger partial charge in [-0.05, 0) is 61.1 Å². The van der Waals surface area contributed by atoms with E-state index >= 15 is 0 Å². The minimum atomic E-state index is -0.771. The van der Waals surface area contributed by atoms with Crippen LogP contribution in [0.2, 0.25) is 0 Å². The van der Waals surface area contributed by atoms with Crippen LogP contribution in [0.3, 0.4) is 0 Å². The summed E-state index contributed by atoms with van der Waals surface area (Å²) in [5.41, 5.74) is 1.28. The molecule has 3 rings (SSSR count). The van der Waals surface area contributed by atoms with Gasteiger partial charge in [-0.15, -0.1) is 0 Å². The zero-order chi connectivity index (χ0) is 19.6. The Hall–Kier alpha value is -2.82. The molecular formula is C22H23FO4. The van der Waals surface area contributed by atoms with E-state index in [2.05, 4.69) is 0 Å². The highest BCUT2D eigenvalue weighted by atomic mass is 19.1. The first-order valence-electron chi connectivity index (χ1n) is 8.80. The fraction of sp³-hybridized carbons (Fsp3) is 0.318. The van der Waals surface area contributed by atoms with E-state index in [1.807, 2.05) is 31.2 Å². The Balaban J connectivity index is 2.08. The molecule has 0 amide bonds. The van der Waals surface area contributed by atoms with Crippen LogP contribution in [-0.2, 0) is 14.9 Å². The van der Waals surface area contributed by atoms with Gasteiger partial charge in [-0.2, -0.15) is 0 Å². The molecule has 0 saturated carbocycles. The maximum Gasteiger partial charge on any atom is 0.337 e. The van der Waals surface area contributed by atoms with Gasteiger partial charge in [0.15, 0.2) is 0 Å². The van der Waals surface area contributed by atoms with Gasteiger partial charge in [0.1, 0.15) is 17.3 Å². The number of esters is 1. The van der Waals surface area contributed by atoms with Crippen molar-refractivity contribution in [1.29, 1.82) is 0 Å². The Morgan fingerprint density at radius 3 is 2.30 bits per heavy atom. The van der Waals surface area contributed by atoms with E-state index in [9.17, 15) is 14.3 Å². The van der Waals surface area contributed by atoms with Gasteiger partial charge in [-0.1, -0.05) is 24.3 Å². The van der Waals surface area contributed by atoms with Crippen LogP contribution in [0.25, 0.3) is 0 Å². The summed E-state index contributed by atoms with van der Waals surface area (Å²) < 4.78 is 23.4. The number of hydrogen-bond acceptors (Lipinski definition) is 4. The summed E-state index contributed by atoms with van der Waals surface area (Å²) in [5.74, 6) is -0.163. The van der Waals surface area contributed by atoms with Gasteiger partial charge in [0.25, 0.3) is 0 Å². The number of methoxy groups -OCH3 is 2. The van der Waals surface area contributed by atoms with Crippen LogP contribution in [0, 0.1) is 5.82 Å². The van der Waals surface area contributed by atoms with E-state index in [0.717, 1.165) is 11.1 Å². The number of hydrogen-bond donors (Lipinski definition) is 1. The Kier molecular flexibility index (Phi) is 5.22. The molecule has 142 valence electrons. The van der Waals surface area contributed by atoms with Crippen LogP contribution >= 0.6 is 0 Å². The molecule has 1 aliphatic carbocycles. The number of aliphatic hydroxyl groups is 1. The molecule has 2 aromatic rings. The average Bonchev–Trinajstić information content (AvgIpc) is 2.70. The standard InChI is InChI=1S/C22H23FO4/c1-22(16-6-10-18(26-2)11-7-16)13-15(14-4-8-17(23)9-5-14)12-19(20(22)24)21(25)27-3/h4-11,15,24H,12-13H2,1-3H3/t15-,22-/m1/s1. The number of carbonyl (C=O) groups excluding carboxylic acids is 1. The first kappa shape index (κ1) is 19.0. The summed E-state index contributed by atoms with van der Waals surface area (Å²) in [5, 5.41) is 11.0. The van der Waals surface area contributed by atoms with E-state index in [4.69, 9.17) is 9.47 Å². The van der Waals surface area contributed by atoms with E-state index in [1.165, 1.54) is 19.2 Å². The molecule has 0 bridgehead atoms. The Morgan fingerprint density at radius 2 is 1.74 bits per heavy atom. The van der Waals surface area contributed by atoms with Gasteiger partial charge in [-0.3, -0.25) is 0 Å². The van der Waals surface area contributed by atoms with Crippen molar-refractivity contribution in [2.24, 2.45) is 0 Å². The highest BCUT2D eigenvalue weighted by molar-refractivity contribution is 5.90. The van der Waals surface area contributed by atoms with E-state index < -0.39 is 11.4 Å². The summed E-state index contributed by atoms with van der Waals surface area (Å²) in [4.78, 5) is 12.3. The zero-order valence-electron chi connectivity index (χ0n) is 15.7. The van der Waals surface area contributed by atoms with E-state index in [0.29, 0.717) is 18.6 Å². The lowest BCUT2D eigenvalue weighted by Gasteiger charge is -2.39. The SMILES string of the molecule is COC(=O)C1=C(O)[C@@](C)(c2ccc(OC)cc2)C[C@H](c2ccc(F)cc2)C1. The number of halogens is 1. The van der Waals surface area contributed by atoms with E-state index in [1.54, 1.807) is 19.2 Å². The van der Waals surface area contributed by atoms with Crippen molar-refractivity contribution in [2.75, 3.05) is 14.2 Å². The lowest BCUT2D eigenvalue weighted by atomic mass is 9.66. The fourth-order valence-corrected chi connectivity index (χ4v) is 3.83. The Labute approximate surface area is 158 Å². The third-order valence-electron chi connectivity index (χ3n) is 5.41. The molecule has 2 atom stereocenters. The molecule has 1 aliphatic rings.